The fourth-order valence-corrected chi connectivity index (χ4v) is 2.92. The van der Waals surface area contributed by atoms with Gasteiger partial charge in [0.25, 0.3) is 0 Å². The van der Waals surface area contributed by atoms with Gasteiger partial charge in [-0.2, -0.15) is 11.8 Å². The Morgan fingerprint density at radius 3 is 2.40 bits per heavy atom. The Morgan fingerprint density at radius 2 is 1.80 bits per heavy atom. The Kier molecular flexibility index (Phi) is 9.65. The minimum atomic E-state index is -2.98. The Balaban J connectivity index is 3.31. The topological polar surface area (TPSA) is 46.2 Å². The van der Waals surface area contributed by atoms with E-state index in [1.807, 2.05) is 18.7 Å². The molecule has 0 rings (SSSR count). The predicted molar refractivity (Wildman–Crippen MR) is 68.9 cm³/mol. The van der Waals surface area contributed by atoms with E-state index in [1.54, 1.807) is 0 Å². The molecule has 0 aliphatic heterocycles. The zero-order valence-electron chi connectivity index (χ0n) is 9.79. The standard InChI is InChI=1S/C10H23NO2S2/c1-3-10-15(12,13)11-8-6-4-5-7-9-14-2/h11H,3-10H2,1-2H3. The van der Waals surface area contributed by atoms with Gasteiger partial charge in [0, 0.05) is 6.54 Å². The molecular weight excluding hydrogens is 230 g/mol. The van der Waals surface area contributed by atoms with Crippen LogP contribution >= 0.6 is 11.8 Å². The van der Waals surface area contributed by atoms with E-state index in [0.717, 1.165) is 12.8 Å². The minimum Gasteiger partial charge on any atom is -0.215 e. The highest BCUT2D eigenvalue weighted by molar-refractivity contribution is 7.98. The molecule has 0 aromatic heterocycles. The lowest BCUT2D eigenvalue weighted by atomic mass is 10.2. The largest absolute Gasteiger partial charge is 0.215 e. The third-order valence-electron chi connectivity index (χ3n) is 2.07. The summed E-state index contributed by atoms with van der Waals surface area (Å²) in [5.41, 5.74) is 0. The van der Waals surface area contributed by atoms with Crippen molar-refractivity contribution in [3.8, 4) is 0 Å². The Labute approximate surface area is 98.5 Å². The predicted octanol–water partition coefficient (Wildman–Crippen LogP) is 2.24. The molecule has 0 aliphatic carbocycles. The molecule has 0 aromatic carbocycles. The van der Waals surface area contributed by atoms with Crippen molar-refractivity contribution in [2.45, 2.75) is 39.0 Å². The number of hydrogen-bond donors (Lipinski definition) is 1. The molecule has 0 aliphatic rings. The van der Waals surface area contributed by atoms with E-state index in [-0.39, 0.29) is 5.75 Å². The molecule has 92 valence electrons. The molecule has 0 unspecified atom stereocenters. The van der Waals surface area contributed by atoms with Gasteiger partial charge in [0.15, 0.2) is 0 Å². The molecule has 0 amide bonds. The minimum absolute atomic E-state index is 0.249. The van der Waals surface area contributed by atoms with Crippen molar-refractivity contribution in [2.75, 3.05) is 24.3 Å². The lowest BCUT2D eigenvalue weighted by Gasteiger charge is -2.04. The average Bonchev–Trinajstić information content (AvgIpc) is 2.16. The molecule has 0 spiro atoms. The van der Waals surface area contributed by atoms with Crippen LogP contribution in [0.25, 0.3) is 0 Å². The smallest absolute Gasteiger partial charge is 0.211 e. The second-order valence-corrected chi connectivity index (χ2v) is 6.53. The molecule has 0 heterocycles. The fourth-order valence-electron chi connectivity index (χ4n) is 1.29. The summed E-state index contributed by atoms with van der Waals surface area (Å²) in [6, 6.07) is 0. The molecule has 0 radical (unpaired) electrons. The van der Waals surface area contributed by atoms with Gasteiger partial charge in [-0.1, -0.05) is 19.8 Å². The van der Waals surface area contributed by atoms with Crippen molar-refractivity contribution >= 4 is 21.8 Å². The summed E-state index contributed by atoms with van der Waals surface area (Å²) in [4.78, 5) is 0. The molecule has 0 saturated heterocycles. The molecule has 5 heteroatoms. The van der Waals surface area contributed by atoms with E-state index in [4.69, 9.17) is 0 Å². The van der Waals surface area contributed by atoms with Crippen molar-refractivity contribution in [3.05, 3.63) is 0 Å². The van der Waals surface area contributed by atoms with Crippen LogP contribution in [-0.2, 0) is 10.0 Å². The molecule has 0 aromatic rings. The van der Waals surface area contributed by atoms with Crippen LogP contribution in [0.15, 0.2) is 0 Å². The van der Waals surface area contributed by atoms with Crippen LogP contribution in [-0.4, -0.2) is 32.7 Å². The fraction of sp³-hybridized carbons (Fsp3) is 1.00. The quantitative estimate of drug-likeness (QED) is 0.607. The first-order valence-electron chi connectivity index (χ1n) is 5.58. The van der Waals surface area contributed by atoms with Crippen molar-refractivity contribution in [3.63, 3.8) is 0 Å². The van der Waals surface area contributed by atoms with Crippen LogP contribution in [0.3, 0.4) is 0 Å². The van der Waals surface area contributed by atoms with Crippen LogP contribution < -0.4 is 4.72 Å². The van der Waals surface area contributed by atoms with E-state index < -0.39 is 10.0 Å². The van der Waals surface area contributed by atoms with Gasteiger partial charge in [-0.3, -0.25) is 0 Å². The van der Waals surface area contributed by atoms with Crippen LogP contribution in [0.5, 0.6) is 0 Å². The highest BCUT2D eigenvalue weighted by atomic mass is 32.2. The van der Waals surface area contributed by atoms with Gasteiger partial charge < -0.3 is 0 Å². The lowest BCUT2D eigenvalue weighted by molar-refractivity contribution is 0.572. The van der Waals surface area contributed by atoms with Crippen molar-refractivity contribution in [2.24, 2.45) is 0 Å². The maximum absolute atomic E-state index is 11.3. The Bertz CT molecular complexity index is 228. The summed E-state index contributed by atoms with van der Waals surface area (Å²) in [6.07, 6.45) is 7.31. The van der Waals surface area contributed by atoms with Crippen LogP contribution in [0.4, 0.5) is 0 Å². The van der Waals surface area contributed by atoms with Crippen molar-refractivity contribution < 1.29 is 8.42 Å². The molecule has 3 nitrogen and oxygen atoms in total. The van der Waals surface area contributed by atoms with Gasteiger partial charge in [0.2, 0.25) is 10.0 Å². The molecule has 0 fully saturated rings. The summed E-state index contributed by atoms with van der Waals surface area (Å²) in [7, 11) is -2.98. The van der Waals surface area contributed by atoms with Gasteiger partial charge in [-0.05, 0) is 31.3 Å². The average molecular weight is 253 g/mol. The first-order valence-corrected chi connectivity index (χ1v) is 8.63. The summed E-state index contributed by atoms with van der Waals surface area (Å²) in [5, 5.41) is 0. The number of nitrogens with one attached hydrogen (secondary N) is 1. The maximum atomic E-state index is 11.3. The molecular formula is C10H23NO2S2. The highest BCUT2D eigenvalue weighted by Gasteiger charge is 2.06. The summed E-state index contributed by atoms with van der Waals surface area (Å²) >= 11 is 1.86. The summed E-state index contributed by atoms with van der Waals surface area (Å²) < 4.78 is 25.1. The van der Waals surface area contributed by atoms with E-state index in [2.05, 4.69) is 11.0 Å². The Morgan fingerprint density at radius 1 is 1.13 bits per heavy atom. The molecule has 15 heavy (non-hydrogen) atoms. The zero-order chi connectivity index (χ0) is 11.6. The van der Waals surface area contributed by atoms with Crippen LogP contribution in [0, 0.1) is 0 Å². The van der Waals surface area contributed by atoms with Crippen LogP contribution in [0.1, 0.15) is 39.0 Å². The van der Waals surface area contributed by atoms with Gasteiger partial charge in [0.05, 0.1) is 5.75 Å². The van der Waals surface area contributed by atoms with E-state index in [1.165, 1.54) is 18.6 Å². The molecule has 0 saturated carbocycles. The number of sulfonamides is 1. The first-order chi connectivity index (χ1) is 7.12. The van der Waals surface area contributed by atoms with Crippen molar-refractivity contribution in [1.29, 1.82) is 0 Å². The normalized spacial score (nSPS) is 11.9. The maximum Gasteiger partial charge on any atom is 0.211 e. The lowest BCUT2D eigenvalue weighted by Crippen LogP contribution is -2.27. The van der Waals surface area contributed by atoms with Gasteiger partial charge in [0.1, 0.15) is 0 Å². The van der Waals surface area contributed by atoms with E-state index in [9.17, 15) is 8.42 Å². The van der Waals surface area contributed by atoms with Gasteiger partial charge >= 0.3 is 0 Å². The van der Waals surface area contributed by atoms with E-state index >= 15 is 0 Å². The zero-order valence-corrected chi connectivity index (χ0v) is 11.4. The summed E-state index contributed by atoms with van der Waals surface area (Å²) in [5.74, 6) is 1.46. The molecule has 0 atom stereocenters. The number of thioether (sulfide) groups is 1. The number of unbranched alkanes of at least 4 members (excludes halogenated alkanes) is 3. The Hall–Kier alpha value is 0.260. The molecule has 1 N–H and O–H groups in total. The first kappa shape index (κ1) is 15.3. The summed E-state index contributed by atoms with van der Waals surface area (Å²) in [6.45, 7) is 2.48. The SMILES string of the molecule is CCCS(=O)(=O)NCCCCCCSC. The third-order valence-corrected chi connectivity index (χ3v) is 4.36. The second-order valence-electron chi connectivity index (χ2n) is 3.62. The molecule has 0 bridgehead atoms. The van der Waals surface area contributed by atoms with Gasteiger partial charge in [-0.25, -0.2) is 13.1 Å². The number of rotatable bonds is 10. The van der Waals surface area contributed by atoms with Crippen molar-refractivity contribution in [1.82, 2.24) is 4.72 Å². The second kappa shape index (κ2) is 9.48. The third kappa shape index (κ3) is 10.5. The van der Waals surface area contributed by atoms with Crippen LogP contribution in [0.2, 0.25) is 0 Å². The monoisotopic (exact) mass is 253 g/mol. The van der Waals surface area contributed by atoms with Gasteiger partial charge in [-0.15, -0.1) is 0 Å². The highest BCUT2D eigenvalue weighted by Crippen LogP contribution is 2.04. The van der Waals surface area contributed by atoms with E-state index in [0.29, 0.717) is 13.0 Å². The number of hydrogen-bond acceptors (Lipinski definition) is 3.